The first-order valence-electron chi connectivity index (χ1n) is 5.58. The molecular formula is C12H18ClNO2S. The van der Waals surface area contributed by atoms with Gasteiger partial charge < -0.3 is 5.73 Å². The summed E-state index contributed by atoms with van der Waals surface area (Å²) >= 11 is 5.91. The molecule has 0 bridgehead atoms. The molecule has 0 aromatic heterocycles. The van der Waals surface area contributed by atoms with E-state index in [1.165, 1.54) is 0 Å². The average Bonchev–Trinajstić information content (AvgIpc) is 2.21. The van der Waals surface area contributed by atoms with Crippen LogP contribution in [0.15, 0.2) is 18.2 Å². The molecule has 0 aliphatic rings. The van der Waals surface area contributed by atoms with Gasteiger partial charge in [0.25, 0.3) is 0 Å². The van der Waals surface area contributed by atoms with Gasteiger partial charge in [0.15, 0.2) is 9.84 Å². The molecule has 0 radical (unpaired) electrons. The van der Waals surface area contributed by atoms with Gasteiger partial charge >= 0.3 is 0 Å². The lowest BCUT2D eigenvalue weighted by atomic mass is 10.1. The van der Waals surface area contributed by atoms with E-state index < -0.39 is 15.9 Å². The maximum Gasteiger partial charge on any atom is 0.152 e. The van der Waals surface area contributed by atoms with Crippen LogP contribution in [-0.2, 0) is 9.84 Å². The molecule has 3 nitrogen and oxygen atoms in total. The van der Waals surface area contributed by atoms with Gasteiger partial charge in [-0.15, -0.1) is 0 Å². The summed E-state index contributed by atoms with van der Waals surface area (Å²) in [5, 5.41) is 0.664. The third-order valence-electron chi connectivity index (χ3n) is 2.56. The van der Waals surface area contributed by atoms with Gasteiger partial charge in [0.05, 0.1) is 5.75 Å². The van der Waals surface area contributed by atoms with Crippen LogP contribution >= 0.6 is 11.6 Å². The summed E-state index contributed by atoms with van der Waals surface area (Å²) in [6, 6.07) is 4.89. The number of benzene rings is 1. The Morgan fingerprint density at radius 1 is 1.41 bits per heavy atom. The lowest BCUT2D eigenvalue weighted by Crippen LogP contribution is -2.23. The van der Waals surface area contributed by atoms with Gasteiger partial charge in [0, 0.05) is 16.8 Å². The maximum atomic E-state index is 11.7. The zero-order valence-electron chi connectivity index (χ0n) is 10.1. The highest BCUT2D eigenvalue weighted by Gasteiger charge is 2.17. The second-order valence-electron chi connectivity index (χ2n) is 4.23. The fourth-order valence-corrected chi connectivity index (χ4v) is 3.31. The summed E-state index contributed by atoms with van der Waals surface area (Å²) in [4.78, 5) is 0. The Morgan fingerprint density at radius 2 is 2.06 bits per heavy atom. The maximum absolute atomic E-state index is 11.7. The minimum Gasteiger partial charge on any atom is -0.323 e. The largest absolute Gasteiger partial charge is 0.323 e. The number of hydrogen-bond donors (Lipinski definition) is 1. The summed E-state index contributed by atoms with van der Waals surface area (Å²) < 4.78 is 23.3. The predicted octanol–water partition coefficient (Wildman–Crippen LogP) is 2.47. The SMILES string of the molecule is CCCS(=O)(=O)CC(N)c1ccc(Cl)c(C)c1. The van der Waals surface area contributed by atoms with E-state index in [1.54, 1.807) is 12.1 Å². The molecule has 1 aromatic carbocycles. The third-order valence-corrected chi connectivity index (χ3v) is 4.88. The summed E-state index contributed by atoms with van der Waals surface area (Å²) in [6.07, 6.45) is 0.620. The highest BCUT2D eigenvalue weighted by molar-refractivity contribution is 7.91. The molecule has 1 atom stereocenters. The molecule has 0 spiro atoms. The quantitative estimate of drug-likeness (QED) is 0.898. The van der Waals surface area contributed by atoms with Crippen molar-refractivity contribution >= 4 is 21.4 Å². The van der Waals surface area contributed by atoms with Crippen LogP contribution in [0.25, 0.3) is 0 Å². The highest BCUT2D eigenvalue weighted by Crippen LogP contribution is 2.20. The number of halogens is 1. The van der Waals surface area contributed by atoms with Gasteiger partial charge in [-0.05, 0) is 30.5 Å². The van der Waals surface area contributed by atoms with Crippen molar-refractivity contribution < 1.29 is 8.42 Å². The van der Waals surface area contributed by atoms with Crippen LogP contribution in [0.2, 0.25) is 5.02 Å². The zero-order chi connectivity index (χ0) is 13.1. The number of nitrogens with two attached hydrogens (primary N) is 1. The van der Waals surface area contributed by atoms with E-state index in [2.05, 4.69) is 0 Å². The Labute approximate surface area is 108 Å². The molecule has 5 heteroatoms. The normalized spacial score (nSPS) is 13.6. The molecule has 1 unspecified atom stereocenters. The van der Waals surface area contributed by atoms with Crippen LogP contribution in [0.4, 0.5) is 0 Å². The molecule has 0 heterocycles. The minimum atomic E-state index is -3.06. The number of rotatable bonds is 5. The fourth-order valence-electron chi connectivity index (χ4n) is 1.66. The van der Waals surface area contributed by atoms with Crippen LogP contribution in [0.3, 0.4) is 0 Å². The first kappa shape index (κ1) is 14.5. The second kappa shape index (κ2) is 5.85. The van der Waals surface area contributed by atoms with Crippen LogP contribution in [0.5, 0.6) is 0 Å². The van der Waals surface area contributed by atoms with E-state index >= 15 is 0 Å². The molecule has 2 N–H and O–H groups in total. The van der Waals surface area contributed by atoms with Gasteiger partial charge in [-0.2, -0.15) is 0 Å². The van der Waals surface area contributed by atoms with E-state index in [9.17, 15) is 8.42 Å². The van der Waals surface area contributed by atoms with E-state index in [4.69, 9.17) is 17.3 Å². The number of aryl methyl sites for hydroxylation is 1. The van der Waals surface area contributed by atoms with Crippen molar-refractivity contribution in [2.75, 3.05) is 11.5 Å². The van der Waals surface area contributed by atoms with E-state index in [1.807, 2.05) is 19.9 Å². The van der Waals surface area contributed by atoms with E-state index in [0.717, 1.165) is 11.1 Å². The first-order valence-corrected chi connectivity index (χ1v) is 7.77. The Kier molecular flexibility index (Phi) is 4.98. The molecule has 0 aliphatic heterocycles. The van der Waals surface area contributed by atoms with Crippen molar-refractivity contribution in [1.82, 2.24) is 0 Å². The summed E-state index contributed by atoms with van der Waals surface area (Å²) in [7, 11) is -3.06. The van der Waals surface area contributed by atoms with Crippen LogP contribution in [0.1, 0.15) is 30.5 Å². The lowest BCUT2D eigenvalue weighted by molar-refractivity contribution is 0.587. The molecule has 0 aliphatic carbocycles. The first-order chi connectivity index (χ1) is 7.85. The van der Waals surface area contributed by atoms with E-state index in [0.29, 0.717) is 11.4 Å². The van der Waals surface area contributed by atoms with E-state index in [-0.39, 0.29) is 11.5 Å². The van der Waals surface area contributed by atoms with Gasteiger partial charge in [-0.25, -0.2) is 8.42 Å². The summed E-state index contributed by atoms with van der Waals surface area (Å²) in [6.45, 7) is 3.72. The van der Waals surface area contributed by atoms with Gasteiger partial charge in [-0.3, -0.25) is 0 Å². The molecular weight excluding hydrogens is 258 g/mol. The fraction of sp³-hybridized carbons (Fsp3) is 0.500. The van der Waals surface area contributed by atoms with Crippen molar-refractivity contribution in [3.8, 4) is 0 Å². The van der Waals surface area contributed by atoms with Crippen molar-refractivity contribution in [1.29, 1.82) is 0 Å². The van der Waals surface area contributed by atoms with Crippen molar-refractivity contribution in [2.45, 2.75) is 26.3 Å². The molecule has 0 saturated heterocycles. The van der Waals surface area contributed by atoms with Crippen LogP contribution in [-0.4, -0.2) is 19.9 Å². The summed E-state index contributed by atoms with van der Waals surface area (Å²) in [5.74, 6) is 0.176. The smallest absolute Gasteiger partial charge is 0.152 e. The molecule has 17 heavy (non-hydrogen) atoms. The standard InChI is InChI=1S/C12H18ClNO2S/c1-3-6-17(15,16)8-12(14)10-4-5-11(13)9(2)7-10/h4-5,7,12H,3,6,8,14H2,1-2H3. The topological polar surface area (TPSA) is 60.2 Å². The average molecular weight is 276 g/mol. The minimum absolute atomic E-state index is 0.0120. The Bertz CT molecular complexity index is 485. The summed E-state index contributed by atoms with van der Waals surface area (Å²) in [5.41, 5.74) is 7.63. The molecule has 0 saturated carbocycles. The lowest BCUT2D eigenvalue weighted by Gasteiger charge is -2.13. The predicted molar refractivity (Wildman–Crippen MR) is 72.1 cm³/mol. The molecule has 0 amide bonds. The monoisotopic (exact) mass is 275 g/mol. The van der Waals surface area contributed by atoms with Gasteiger partial charge in [0.1, 0.15) is 0 Å². The van der Waals surface area contributed by atoms with Gasteiger partial charge in [-0.1, -0.05) is 30.7 Å². The Balaban J connectivity index is 2.83. The number of sulfone groups is 1. The highest BCUT2D eigenvalue weighted by atomic mass is 35.5. The van der Waals surface area contributed by atoms with Crippen molar-refractivity contribution in [3.05, 3.63) is 34.3 Å². The van der Waals surface area contributed by atoms with Crippen LogP contribution in [0, 0.1) is 6.92 Å². The second-order valence-corrected chi connectivity index (χ2v) is 6.87. The number of hydrogen-bond acceptors (Lipinski definition) is 3. The third kappa shape index (κ3) is 4.30. The molecule has 1 aromatic rings. The zero-order valence-corrected chi connectivity index (χ0v) is 11.7. The molecule has 96 valence electrons. The van der Waals surface area contributed by atoms with Crippen molar-refractivity contribution in [3.63, 3.8) is 0 Å². The Hall–Kier alpha value is -0.580. The molecule has 0 fully saturated rings. The van der Waals surface area contributed by atoms with Crippen molar-refractivity contribution in [2.24, 2.45) is 5.73 Å². The van der Waals surface area contributed by atoms with Gasteiger partial charge in [0.2, 0.25) is 0 Å². The van der Waals surface area contributed by atoms with Crippen LogP contribution < -0.4 is 5.73 Å². The Morgan fingerprint density at radius 3 is 2.59 bits per heavy atom. The molecule has 1 rings (SSSR count).